The summed E-state index contributed by atoms with van der Waals surface area (Å²) in [5, 5.41) is 3.42. The van der Waals surface area contributed by atoms with Crippen LogP contribution >= 0.6 is 0 Å². The van der Waals surface area contributed by atoms with Crippen molar-refractivity contribution in [2.45, 2.75) is 37.8 Å². The van der Waals surface area contributed by atoms with Gasteiger partial charge in [-0.15, -0.1) is 0 Å². The minimum atomic E-state index is -4.64. The smallest absolute Gasteiger partial charge is 0.329 e. The lowest BCUT2D eigenvalue weighted by molar-refractivity contribution is -0.159. The van der Waals surface area contributed by atoms with Crippen LogP contribution in [0.5, 0.6) is 0 Å². The number of aromatic nitrogens is 3. The Labute approximate surface area is 143 Å². The van der Waals surface area contributed by atoms with E-state index in [1.54, 1.807) is 12.1 Å². The molecule has 3 heterocycles. The molecule has 0 unspecified atom stereocenters. The first-order valence-corrected chi connectivity index (χ1v) is 8.59. The Morgan fingerprint density at radius 1 is 1.16 bits per heavy atom. The minimum Gasteiger partial charge on any atom is -0.329 e. The lowest BCUT2D eigenvalue weighted by atomic mass is 9.94. The minimum absolute atomic E-state index is 0.125. The summed E-state index contributed by atoms with van der Waals surface area (Å²) in [7, 11) is 0. The van der Waals surface area contributed by atoms with Crippen molar-refractivity contribution in [2.24, 2.45) is 5.92 Å². The van der Waals surface area contributed by atoms with Crippen molar-refractivity contribution in [2.75, 3.05) is 19.6 Å². The highest BCUT2D eigenvalue weighted by Gasteiger charge is 2.38. The molecule has 0 spiro atoms. The molecule has 2 aromatic rings. The predicted octanol–water partition coefficient (Wildman–Crippen LogP) is 3.74. The molecule has 4 rings (SSSR count). The van der Waals surface area contributed by atoms with Crippen LogP contribution in [0.25, 0.3) is 11.5 Å². The Morgan fingerprint density at radius 3 is 2.72 bits per heavy atom. The van der Waals surface area contributed by atoms with E-state index in [1.165, 1.54) is 12.8 Å². The molecule has 0 N–H and O–H groups in total. The van der Waals surface area contributed by atoms with Gasteiger partial charge in [0.25, 0.3) is 0 Å². The number of halogens is 3. The molecule has 2 aromatic heterocycles. The van der Waals surface area contributed by atoms with Crippen LogP contribution in [-0.4, -0.2) is 39.7 Å². The van der Waals surface area contributed by atoms with Crippen LogP contribution in [0.4, 0.5) is 13.2 Å². The van der Waals surface area contributed by atoms with E-state index >= 15 is 0 Å². The van der Waals surface area contributed by atoms with Crippen LogP contribution in [-0.2, 0) is 6.18 Å². The van der Waals surface area contributed by atoms with Crippen LogP contribution in [0.2, 0.25) is 0 Å². The zero-order valence-electron chi connectivity index (χ0n) is 13.7. The average Bonchev–Trinajstić information content (AvgIpc) is 3.25. The van der Waals surface area contributed by atoms with Crippen molar-refractivity contribution >= 4 is 0 Å². The second-order valence-corrected chi connectivity index (χ2v) is 6.91. The predicted molar refractivity (Wildman–Crippen MR) is 83.7 cm³/mol. The molecule has 134 valence electrons. The summed E-state index contributed by atoms with van der Waals surface area (Å²) >= 11 is 0. The average molecular weight is 352 g/mol. The Bertz CT molecular complexity index is 741. The van der Waals surface area contributed by atoms with Crippen molar-refractivity contribution in [3.63, 3.8) is 0 Å². The second kappa shape index (κ2) is 6.40. The molecule has 25 heavy (non-hydrogen) atoms. The topological polar surface area (TPSA) is 55.1 Å². The van der Waals surface area contributed by atoms with Crippen molar-refractivity contribution in [1.82, 2.24) is 20.0 Å². The second-order valence-electron chi connectivity index (χ2n) is 6.91. The van der Waals surface area contributed by atoms with Gasteiger partial charge in [-0.1, -0.05) is 11.2 Å². The maximum Gasteiger partial charge on any atom is 0.471 e. The van der Waals surface area contributed by atoms with Crippen LogP contribution < -0.4 is 0 Å². The summed E-state index contributed by atoms with van der Waals surface area (Å²) in [5.41, 5.74) is 1.20. The first kappa shape index (κ1) is 16.5. The van der Waals surface area contributed by atoms with E-state index in [1.807, 2.05) is 6.07 Å². The number of pyridine rings is 1. The Morgan fingerprint density at radius 2 is 2.00 bits per heavy atom. The van der Waals surface area contributed by atoms with Crippen LogP contribution in [0.1, 0.15) is 43.2 Å². The van der Waals surface area contributed by atoms with E-state index in [0.29, 0.717) is 11.6 Å². The van der Waals surface area contributed by atoms with Gasteiger partial charge in [0.05, 0.1) is 0 Å². The van der Waals surface area contributed by atoms with Crippen molar-refractivity contribution in [3.05, 3.63) is 29.8 Å². The number of rotatable bonds is 4. The summed E-state index contributed by atoms with van der Waals surface area (Å²) in [6, 6.07) is 5.33. The van der Waals surface area contributed by atoms with Gasteiger partial charge in [0, 0.05) is 24.7 Å². The number of likely N-dealkylation sites (tertiary alicyclic amines) is 1. The van der Waals surface area contributed by atoms with E-state index in [9.17, 15) is 13.2 Å². The molecule has 1 saturated carbocycles. The number of nitrogens with zero attached hydrogens (tertiary/aromatic N) is 4. The SMILES string of the molecule is FC(F)(F)c1nc(-c2cccc([C@@H]3CCCN(CC4CC4)C3)n2)no1. The van der Waals surface area contributed by atoms with Crippen molar-refractivity contribution in [3.8, 4) is 11.5 Å². The molecule has 1 atom stereocenters. The molecule has 0 aromatic carbocycles. The number of piperidine rings is 1. The zero-order chi connectivity index (χ0) is 17.4. The molecule has 0 bridgehead atoms. The van der Waals surface area contributed by atoms with Gasteiger partial charge in [-0.05, 0) is 50.3 Å². The summed E-state index contributed by atoms with van der Waals surface area (Å²) < 4.78 is 42.2. The third-order valence-electron chi connectivity index (χ3n) is 4.81. The Hall–Kier alpha value is -1.96. The molecule has 1 saturated heterocycles. The maximum atomic E-state index is 12.6. The largest absolute Gasteiger partial charge is 0.471 e. The van der Waals surface area contributed by atoms with Crippen LogP contribution in [0, 0.1) is 5.92 Å². The highest BCUT2D eigenvalue weighted by atomic mass is 19.4. The highest BCUT2D eigenvalue weighted by Crippen LogP contribution is 2.33. The quantitative estimate of drug-likeness (QED) is 0.839. The van der Waals surface area contributed by atoms with Gasteiger partial charge < -0.3 is 9.42 Å². The maximum absolute atomic E-state index is 12.6. The first-order chi connectivity index (χ1) is 12.0. The first-order valence-electron chi connectivity index (χ1n) is 8.59. The normalized spacial score (nSPS) is 22.3. The van der Waals surface area contributed by atoms with Gasteiger partial charge in [-0.25, -0.2) is 4.98 Å². The fourth-order valence-electron chi connectivity index (χ4n) is 3.37. The number of alkyl halides is 3. The molecule has 0 radical (unpaired) electrons. The summed E-state index contributed by atoms with van der Waals surface area (Å²) in [6.45, 7) is 3.22. The molecular formula is C17H19F3N4O. The molecule has 5 nitrogen and oxygen atoms in total. The third kappa shape index (κ3) is 3.84. The van der Waals surface area contributed by atoms with E-state index < -0.39 is 12.1 Å². The Kier molecular flexibility index (Phi) is 4.23. The Balaban J connectivity index is 1.51. The molecule has 1 aliphatic carbocycles. The summed E-state index contributed by atoms with van der Waals surface area (Å²) in [4.78, 5) is 10.4. The lowest BCUT2D eigenvalue weighted by Gasteiger charge is -2.32. The van der Waals surface area contributed by atoms with E-state index in [4.69, 9.17) is 0 Å². The van der Waals surface area contributed by atoms with E-state index in [-0.39, 0.29) is 5.82 Å². The van der Waals surface area contributed by atoms with E-state index in [0.717, 1.165) is 44.1 Å². The van der Waals surface area contributed by atoms with Crippen LogP contribution in [0.15, 0.2) is 22.7 Å². The standard InChI is InChI=1S/C17H19F3N4O/c18-17(19,20)16-22-15(23-25-16)14-5-1-4-13(21-14)12-3-2-8-24(10-12)9-11-6-7-11/h1,4-5,11-12H,2-3,6-10H2/t12-/m1/s1. The molecular weight excluding hydrogens is 333 g/mol. The summed E-state index contributed by atoms with van der Waals surface area (Å²) in [6.07, 6.45) is 0.166. The van der Waals surface area contributed by atoms with Gasteiger partial charge >= 0.3 is 12.1 Å². The van der Waals surface area contributed by atoms with Gasteiger partial charge in [0.15, 0.2) is 0 Å². The summed E-state index contributed by atoms with van der Waals surface area (Å²) in [5.74, 6) is -0.331. The van der Waals surface area contributed by atoms with Crippen molar-refractivity contribution in [1.29, 1.82) is 0 Å². The van der Waals surface area contributed by atoms with Crippen LogP contribution in [0.3, 0.4) is 0 Å². The van der Waals surface area contributed by atoms with Crippen molar-refractivity contribution < 1.29 is 17.7 Å². The third-order valence-corrected chi connectivity index (χ3v) is 4.81. The van der Waals surface area contributed by atoms with E-state index in [2.05, 4.69) is 24.5 Å². The molecule has 2 fully saturated rings. The zero-order valence-corrected chi connectivity index (χ0v) is 13.7. The highest BCUT2D eigenvalue weighted by molar-refractivity contribution is 5.48. The van der Waals surface area contributed by atoms with Gasteiger partial charge in [-0.2, -0.15) is 18.2 Å². The lowest BCUT2D eigenvalue weighted by Crippen LogP contribution is -2.36. The molecule has 1 aliphatic heterocycles. The van der Waals surface area contributed by atoms with Gasteiger partial charge in [0.1, 0.15) is 5.69 Å². The molecule has 2 aliphatic rings. The molecule has 0 amide bonds. The number of hydrogen-bond acceptors (Lipinski definition) is 5. The molecule has 8 heteroatoms. The number of hydrogen-bond donors (Lipinski definition) is 0. The van der Waals surface area contributed by atoms with Gasteiger partial charge in [-0.3, -0.25) is 0 Å². The monoisotopic (exact) mass is 352 g/mol. The fourth-order valence-corrected chi connectivity index (χ4v) is 3.37. The fraction of sp³-hybridized carbons (Fsp3) is 0.588. The van der Waals surface area contributed by atoms with Gasteiger partial charge in [0.2, 0.25) is 5.82 Å².